The summed E-state index contributed by atoms with van der Waals surface area (Å²) in [6.07, 6.45) is 0. The third-order valence-electron chi connectivity index (χ3n) is 12.2. The van der Waals surface area contributed by atoms with Crippen molar-refractivity contribution in [2.24, 2.45) is 0 Å². The molecule has 0 radical (unpaired) electrons. The second-order valence-electron chi connectivity index (χ2n) is 15.9. The molecule has 63 heavy (non-hydrogen) atoms. The van der Waals surface area contributed by atoms with E-state index in [0.29, 0.717) is 17.5 Å². The Hall–Kier alpha value is -8.19. The summed E-state index contributed by atoms with van der Waals surface area (Å²) in [7, 11) is 0. The standard InChI is InChI=1S/C57H34N4OS/c1-3-15-35(16-4-1)37-19-13-20-38(31-37)39-29-30-50-45(32-39)46-33-40(61-48-25-10-7-21-41(48)42-22-8-11-26-49(42)61)34-47(54(46)62-50)57-59-55(36-17-5-2-6-18-36)58-56(60-57)44-24-14-28-52-53(44)43-23-9-12-27-51(43)63-52/h1-34H. The van der Waals surface area contributed by atoms with E-state index in [1.165, 1.54) is 36.7 Å². The van der Waals surface area contributed by atoms with E-state index in [0.717, 1.165) is 71.9 Å². The second-order valence-corrected chi connectivity index (χ2v) is 17.0. The minimum absolute atomic E-state index is 0.540. The monoisotopic (exact) mass is 822 g/mol. The Morgan fingerprint density at radius 2 is 0.937 bits per heavy atom. The number of hydrogen-bond acceptors (Lipinski definition) is 5. The molecule has 13 rings (SSSR count). The number of nitrogens with zero attached hydrogens (tertiary/aromatic N) is 4. The summed E-state index contributed by atoms with van der Waals surface area (Å²) in [6, 6.07) is 72.7. The average molecular weight is 823 g/mol. The Kier molecular flexibility index (Phi) is 8.01. The van der Waals surface area contributed by atoms with Crippen LogP contribution in [0.5, 0.6) is 0 Å². The number of aromatic nitrogens is 4. The van der Waals surface area contributed by atoms with Gasteiger partial charge in [-0.2, -0.15) is 0 Å². The Morgan fingerprint density at radius 1 is 0.365 bits per heavy atom. The van der Waals surface area contributed by atoms with Crippen molar-refractivity contribution in [1.82, 2.24) is 19.5 Å². The van der Waals surface area contributed by atoms with Gasteiger partial charge in [-0.15, -0.1) is 11.3 Å². The van der Waals surface area contributed by atoms with Crippen molar-refractivity contribution in [3.63, 3.8) is 0 Å². The van der Waals surface area contributed by atoms with E-state index in [2.05, 4.69) is 193 Å². The van der Waals surface area contributed by atoms with E-state index in [-0.39, 0.29) is 0 Å². The summed E-state index contributed by atoms with van der Waals surface area (Å²) in [5.41, 5.74) is 12.0. The van der Waals surface area contributed by atoms with Gasteiger partial charge in [-0.05, 0) is 76.9 Å². The minimum Gasteiger partial charge on any atom is -0.455 e. The highest BCUT2D eigenvalue weighted by Gasteiger charge is 2.23. The van der Waals surface area contributed by atoms with Crippen LogP contribution in [0.2, 0.25) is 0 Å². The number of hydrogen-bond donors (Lipinski definition) is 0. The normalized spacial score (nSPS) is 11.8. The number of thiophene rings is 1. The van der Waals surface area contributed by atoms with Crippen molar-refractivity contribution >= 4 is 75.3 Å². The van der Waals surface area contributed by atoms with Crippen molar-refractivity contribution in [3.05, 3.63) is 206 Å². The van der Waals surface area contributed by atoms with Gasteiger partial charge >= 0.3 is 0 Å². The molecule has 0 amide bonds. The summed E-state index contributed by atoms with van der Waals surface area (Å²) >= 11 is 1.79. The van der Waals surface area contributed by atoms with Crippen molar-refractivity contribution < 1.29 is 4.42 Å². The van der Waals surface area contributed by atoms with Crippen molar-refractivity contribution in [1.29, 1.82) is 0 Å². The first-order chi connectivity index (χ1) is 31.2. The third-order valence-corrected chi connectivity index (χ3v) is 13.4. The number of fused-ring (bicyclic) bond motifs is 9. The molecule has 0 atom stereocenters. The highest BCUT2D eigenvalue weighted by molar-refractivity contribution is 7.25. The van der Waals surface area contributed by atoms with Gasteiger partial charge in [-0.1, -0.05) is 152 Å². The molecule has 0 aliphatic heterocycles. The van der Waals surface area contributed by atoms with Gasteiger partial charge in [-0.3, -0.25) is 0 Å². The topological polar surface area (TPSA) is 56.7 Å². The van der Waals surface area contributed by atoms with Gasteiger partial charge in [0.15, 0.2) is 17.5 Å². The molecule has 13 aromatic rings. The van der Waals surface area contributed by atoms with Gasteiger partial charge in [0.05, 0.1) is 16.6 Å². The smallest absolute Gasteiger partial charge is 0.167 e. The lowest BCUT2D eigenvalue weighted by Crippen LogP contribution is -2.02. The zero-order valence-electron chi connectivity index (χ0n) is 33.7. The summed E-state index contributed by atoms with van der Waals surface area (Å²) in [5, 5.41) is 6.72. The first-order valence-corrected chi connectivity index (χ1v) is 21.9. The Bertz CT molecular complexity index is 3870. The molecule has 6 heteroatoms. The van der Waals surface area contributed by atoms with Gasteiger partial charge in [0, 0.05) is 58.5 Å². The first-order valence-electron chi connectivity index (χ1n) is 21.1. The fraction of sp³-hybridized carbons (Fsp3) is 0. The Morgan fingerprint density at radius 3 is 1.70 bits per heavy atom. The lowest BCUT2D eigenvalue weighted by molar-refractivity contribution is 0.669. The molecule has 0 fully saturated rings. The molecule has 0 aliphatic carbocycles. The molecule has 0 saturated carbocycles. The van der Waals surface area contributed by atoms with Crippen LogP contribution < -0.4 is 0 Å². The summed E-state index contributed by atoms with van der Waals surface area (Å²) in [6.45, 7) is 0. The van der Waals surface area contributed by atoms with Crippen LogP contribution in [0.15, 0.2) is 211 Å². The van der Waals surface area contributed by atoms with E-state index in [1.54, 1.807) is 11.3 Å². The van der Waals surface area contributed by atoms with E-state index >= 15 is 0 Å². The number of rotatable bonds is 6. The van der Waals surface area contributed by atoms with Crippen LogP contribution in [-0.4, -0.2) is 19.5 Å². The molecule has 4 heterocycles. The molecule has 0 N–H and O–H groups in total. The third kappa shape index (κ3) is 5.80. The molecular formula is C57H34N4OS. The molecule has 0 spiro atoms. The van der Waals surface area contributed by atoms with Crippen molar-refractivity contribution in [3.8, 4) is 62.1 Å². The highest BCUT2D eigenvalue weighted by atomic mass is 32.1. The largest absolute Gasteiger partial charge is 0.455 e. The van der Waals surface area contributed by atoms with Crippen LogP contribution >= 0.6 is 11.3 Å². The van der Waals surface area contributed by atoms with Crippen LogP contribution in [0.25, 0.3) is 126 Å². The molecule has 0 saturated heterocycles. The predicted molar refractivity (Wildman–Crippen MR) is 262 cm³/mol. The molecule has 0 bridgehead atoms. The van der Waals surface area contributed by atoms with Gasteiger partial charge in [0.2, 0.25) is 0 Å². The molecule has 0 aliphatic rings. The minimum atomic E-state index is 0.540. The van der Waals surface area contributed by atoms with E-state index < -0.39 is 0 Å². The van der Waals surface area contributed by atoms with Crippen molar-refractivity contribution in [2.75, 3.05) is 0 Å². The number of benzene rings is 9. The summed E-state index contributed by atoms with van der Waals surface area (Å²) < 4.78 is 11.7. The average Bonchev–Trinajstić information content (AvgIpc) is 4.04. The maximum atomic E-state index is 6.97. The zero-order chi connectivity index (χ0) is 41.4. The lowest BCUT2D eigenvalue weighted by Gasteiger charge is -2.13. The Labute approximate surface area is 365 Å². The molecule has 5 nitrogen and oxygen atoms in total. The lowest BCUT2D eigenvalue weighted by atomic mass is 9.97. The van der Waals surface area contributed by atoms with Gasteiger partial charge < -0.3 is 8.98 Å². The highest BCUT2D eigenvalue weighted by Crippen LogP contribution is 2.43. The fourth-order valence-electron chi connectivity index (χ4n) is 9.34. The van der Waals surface area contributed by atoms with Crippen LogP contribution in [0.3, 0.4) is 0 Å². The molecule has 4 aromatic heterocycles. The van der Waals surface area contributed by atoms with Crippen molar-refractivity contribution in [2.45, 2.75) is 0 Å². The van der Waals surface area contributed by atoms with E-state index in [9.17, 15) is 0 Å². The quantitative estimate of drug-likeness (QED) is 0.168. The SMILES string of the molecule is c1ccc(-c2cccc(-c3ccc4oc5c(-c6nc(-c7ccccc7)nc(-c7cccc8sc9ccccc9c78)n6)cc(-n6c7ccccc7c7ccccc76)cc5c4c3)c2)cc1. The number of para-hydroxylation sites is 2. The van der Waals surface area contributed by atoms with Crippen LogP contribution in [0, 0.1) is 0 Å². The van der Waals surface area contributed by atoms with Gasteiger partial charge in [0.1, 0.15) is 11.2 Å². The predicted octanol–water partition coefficient (Wildman–Crippen LogP) is 15.6. The van der Waals surface area contributed by atoms with Crippen LogP contribution in [0.4, 0.5) is 0 Å². The summed E-state index contributed by atoms with van der Waals surface area (Å²) in [5.74, 6) is 1.75. The van der Waals surface area contributed by atoms with Gasteiger partial charge in [0.25, 0.3) is 0 Å². The zero-order valence-corrected chi connectivity index (χ0v) is 34.6. The molecule has 0 unspecified atom stereocenters. The van der Waals surface area contributed by atoms with Crippen LogP contribution in [-0.2, 0) is 0 Å². The second kappa shape index (κ2) is 14.2. The first kappa shape index (κ1) is 35.6. The molecule has 294 valence electrons. The summed E-state index contributed by atoms with van der Waals surface area (Å²) in [4.78, 5) is 16.0. The van der Waals surface area contributed by atoms with Crippen LogP contribution in [0.1, 0.15) is 0 Å². The molecule has 9 aromatic carbocycles. The maximum Gasteiger partial charge on any atom is 0.167 e. The molecular weight excluding hydrogens is 789 g/mol. The fourth-order valence-corrected chi connectivity index (χ4v) is 10.5. The van der Waals surface area contributed by atoms with E-state index in [4.69, 9.17) is 19.4 Å². The number of furan rings is 1. The van der Waals surface area contributed by atoms with Gasteiger partial charge in [-0.25, -0.2) is 15.0 Å². The maximum absolute atomic E-state index is 6.97. The van der Waals surface area contributed by atoms with E-state index in [1.807, 2.05) is 18.2 Å². The Balaban J connectivity index is 1.10.